The van der Waals surface area contributed by atoms with Gasteiger partial charge in [0.25, 0.3) is 21.8 Å². The quantitative estimate of drug-likeness (QED) is 0.483. The molecule has 0 aliphatic carbocycles. The van der Waals surface area contributed by atoms with Gasteiger partial charge in [-0.1, -0.05) is 0 Å². The second-order valence-corrected chi connectivity index (χ2v) is 11.8. The van der Waals surface area contributed by atoms with E-state index in [0.29, 0.717) is 83.3 Å². The Bertz CT molecular complexity index is 1670. The summed E-state index contributed by atoms with van der Waals surface area (Å²) in [6, 6.07) is 8.60. The van der Waals surface area contributed by atoms with Crippen molar-refractivity contribution < 1.29 is 27.1 Å². The summed E-state index contributed by atoms with van der Waals surface area (Å²) in [6.45, 7) is 5.87. The van der Waals surface area contributed by atoms with Gasteiger partial charge in [0, 0.05) is 42.3 Å². The Labute approximate surface area is 225 Å². The fourth-order valence-corrected chi connectivity index (χ4v) is 7.03. The van der Waals surface area contributed by atoms with Crippen molar-refractivity contribution in [1.82, 2.24) is 9.88 Å². The number of anilines is 2. The van der Waals surface area contributed by atoms with Gasteiger partial charge in [-0.05, 0) is 73.9 Å². The molecule has 3 aliphatic rings. The number of carbonyl (C=O) groups is 2. The third-order valence-electron chi connectivity index (χ3n) is 7.53. The van der Waals surface area contributed by atoms with E-state index in [1.807, 2.05) is 13.8 Å². The number of ether oxygens (including phenoxy) is 1. The number of nitrogens with one attached hydrogen (secondary N) is 2. The van der Waals surface area contributed by atoms with Crippen molar-refractivity contribution in [2.75, 3.05) is 42.5 Å². The van der Waals surface area contributed by atoms with Crippen LogP contribution in [0.2, 0.25) is 0 Å². The highest BCUT2D eigenvalue weighted by Gasteiger charge is 2.34. The van der Waals surface area contributed by atoms with Crippen molar-refractivity contribution in [3.05, 3.63) is 75.9 Å². The zero-order valence-electron chi connectivity index (χ0n) is 21.5. The normalized spacial score (nSPS) is 17.9. The molecule has 3 aromatic rings. The number of fused-ring (bicyclic) bond motifs is 2. The summed E-state index contributed by atoms with van der Waals surface area (Å²) in [7, 11) is -3.96. The largest absolute Gasteiger partial charge is 0.378 e. The third kappa shape index (κ3) is 4.22. The van der Waals surface area contributed by atoms with Crippen LogP contribution < -0.4 is 9.62 Å². The van der Waals surface area contributed by atoms with Crippen LogP contribution in [0.5, 0.6) is 0 Å². The van der Waals surface area contributed by atoms with E-state index >= 15 is 0 Å². The summed E-state index contributed by atoms with van der Waals surface area (Å²) in [4.78, 5) is 31.2. The first-order valence-corrected chi connectivity index (χ1v) is 14.1. The van der Waals surface area contributed by atoms with Gasteiger partial charge in [0.2, 0.25) is 0 Å². The number of morpholine rings is 1. The molecule has 0 spiro atoms. The zero-order valence-corrected chi connectivity index (χ0v) is 22.3. The molecule has 0 radical (unpaired) electrons. The monoisotopic (exact) mass is 550 g/mol. The maximum Gasteiger partial charge on any atom is 0.264 e. The molecule has 0 atom stereocenters. The first-order chi connectivity index (χ1) is 18.6. The second-order valence-electron chi connectivity index (χ2n) is 9.89. The first kappa shape index (κ1) is 25.3. The van der Waals surface area contributed by atoms with E-state index in [-0.39, 0.29) is 23.3 Å². The van der Waals surface area contributed by atoms with Crippen molar-refractivity contribution >= 4 is 44.9 Å². The summed E-state index contributed by atoms with van der Waals surface area (Å²) in [5.41, 5.74) is 4.90. The van der Waals surface area contributed by atoms with E-state index in [1.165, 1.54) is 34.6 Å². The molecule has 6 rings (SSSR count). The highest BCUT2D eigenvalue weighted by atomic mass is 32.2. The molecule has 0 unspecified atom stereocenters. The van der Waals surface area contributed by atoms with E-state index in [1.54, 1.807) is 17.0 Å². The molecule has 39 heavy (non-hydrogen) atoms. The number of H-pyrrole nitrogens is 1. The minimum absolute atomic E-state index is 0.0309. The molecule has 0 bridgehead atoms. The number of aromatic nitrogens is 1. The van der Waals surface area contributed by atoms with Crippen LogP contribution in [0.15, 0.2) is 41.3 Å². The predicted octanol–water partition coefficient (Wildman–Crippen LogP) is 3.49. The van der Waals surface area contributed by atoms with E-state index in [0.717, 1.165) is 0 Å². The lowest BCUT2D eigenvalue weighted by Crippen LogP contribution is -2.41. The molecule has 2 amide bonds. The molecule has 1 aromatic heterocycles. The molecule has 11 heteroatoms. The number of aryl methyl sites for hydroxylation is 1. The van der Waals surface area contributed by atoms with Crippen LogP contribution in [0.25, 0.3) is 11.6 Å². The van der Waals surface area contributed by atoms with Crippen LogP contribution in [0.4, 0.5) is 15.8 Å². The lowest BCUT2D eigenvalue weighted by atomic mass is 10.0. The third-order valence-corrected chi connectivity index (χ3v) is 9.34. The fraction of sp³-hybridized carbons (Fsp3) is 0.286. The predicted molar refractivity (Wildman–Crippen MR) is 145 cm³/mol. The molecule has 2 aromatic carbocycles. The van der Waals surface area contributed by atoms with Crippen LogP contribution in [-0.2, 0) is 26.0 Å². The van der Waals surface area contributed by atoms with E-state index < -0.39 is 15.8 Å². The Morgan fingerprint density at radius 1 is 1.08 bits per heavy atom. The summed E-state index contributed by atoms with van der Waals surface area (Å²) >= 11 is 0. The summed E-state index contributed by atoms with van der Waals surface area (Å²) < 4.78 is 47.5. The zero-order chi connectivity index (χ0) is 27.5. The highest BCUT2D eigenvalue weighted by Crippen LogP contribution is 2.38. The first-order valence-electron chi connectivity index (χ1n) is 12.7. The molecule has 0 saturated carbocycles. The van der Waals surface area contributed by atoms with Crippen LogP contribution in [0, 0.1) is 19.7 Å². The molecule has 1 saturated heterocycles. The number of nitrogens with zero attached hydrogens (tertiary/aromatic N) is 2. The van der Waals surface area contributed by atoms with Gasteiger partial charge in [0.1, 0.15) is 5.82 Å². The number of sulfonamides is 1. The number of rotatable bonds is 4. The lowest BCUT2D eigenvalue weighted by Gasteiger charge is -2.27. The molecular weight excluding hydrogens is 523 g/mol. The van der Waals surface area contributed by atoms with Crippen LogP contribution in [0.3, 0.4) is 0 Å². The standard InChI is InChI=1S/C28H27FN4O5S/c1-16-24(30-17(2)26(16)28(35)32-9-11-38-12-10-32)15-22-21-14-20(4-5-23(21)31-27(22)34)39(36,37)33-8-7-18-13-19(29)3-6-25(18)33/h3-6,13-15,30H,7-12H2,1-2H3,(H,31,34)/b22-15-. The van der Waals surface area contributed by atoms with Gasteiger partial charge in [-0.25, -0.2) is 12.8 Å². The summed E-state index contributed by atoms with van der Waals surface area (Å²) in [5, 5.41) is 2.79. The van der Waals surface area contributed by atoms with Crippen molar-refractivity contribution in [3.63, 3.8) is 0 Å². The van der Waals surface area contributed by atoms with Crippen molar-refractivity contribution in [2.24, 2.45) is 0 Å². The second kappa shape index (κ2) is 9.35. The Balaban J connectivity index is 1.36. The van der Waals surface area contributed by atoms with Gasteiger partial charge >= 0.3 is 0 Å². The van der Waals surface area contributed by atoms with Crippen molar-refractivity contribution in [1.29, 1.82) is 0 Å². The van der Waals surface area contributed by atoms with Crippen LogP contribution >= 0.6 is 0 Å². The number of halogens is 1. The Morgan fingerprint density at radius 2 is 1.85 bits per heavy atom. The lowest BCUT2D eigenvalue weighted by molar-refractivity contribution is -0.110. The van der Waals surface area contributed by atoms with Crippen molar-refractivity contribution in [2.45, 2.75) is 25.2 Å². The topological polar surface area (TPSA) is 112 Å². The maximum atomic E-state index is 13.7. The molecular formula is C28H27FN4O5S. The van der Waals surface area contributed by atoms with Gasteiger partial charge < -0.3 is 19.9 Å². The number of amides is 2. The molecule has 9 nitrogen and oxygen atoms in total. The Kier molecular flexibility index (Phi) is 6.07. The van der Waals surface area contributed by atoms with E-state index in [2.05, 4.69) is 10.3 Å². The number of carbonyl (C=O) groups excluding carboxylic acids is 2. The summed E-state index contributed by atoms with van der Waals surface area (Å²) in [5.74, 6) is -0.867. The van der Waals surface area contributed by atoms with Crippen LogP contribution in [0.1, 0.15) is 38.4 Å². The number of hydrogen-bond acceptors (Lipinski definition) is 5. The van der Waals surface area contributed by atoms with Gasteiger partial charge in [-0.2, -0.15) is 0 Å². The fourth-order valence-electron chi connectivity index (χ4n) is 5.50. The summed E-state index contributed by atoms with van der Waals surface area (Å²) in [6.07, 6.45) is 2.07. The molecule has 3 aliphatic heterocycles. The van der Waals surface area contributed by atoms with Gasteiger partial charge in [0.05, 0.1) is 34.9 Å². The van der Waals surface area contributed by atoms with Gasteiger partial charge in [-0.15, -0.1) is 0 Å². The smallest absolute Gasteiger partial charge is 0.264 e. The van der Waals surface area contributed by atoms with Crippen molar-refractivity contribution in [3.8, 4) is 0 Å². The number of benzene rings is 2. The minimum Gasteiger partial charge on any atom is -0.378 e. The van der Waals surface area contributed by atoms with E-state index in [4.69, 9.17) is 4.74 Å². The Morgan fingerprint density at radius 3 is 2.62 bits per heavy atom. The van der Waals surface area contributed by atoms with E-state index in [9.17, 15) is 22.4 Å². The highest BCUT2D eigenvalue weighted by molar-refractivity contribution is 7.92. The SMILES string of the molecule is Cc1[nH]c(/C=C2\C(=O)Nc3ccc(S(=O)(=O)N4CCc5cc(F)ccc54)cc32)c(C)c1C(=O)N1CCOCC1. The average molecular weight is 551 g/mol. The number of hydrogen-bond donors (Lipinski definition) is 2. The van der Waals surface area contributed by atoms with Gasteiger partial charge in [-0.3, -0.25) is 13.9 Å². The maximum absolute atomic E-state index is 13.7. The van der Waals surface area contributed by atoms with Gasteiger partial charge in [0.15, 0.2) is 0 Å². The Hall–Kier alpha value is -3.96. The average Bonchev–Trinajstić information content (AvgIpc) is 3.57. The minimum atomic E-state index is -3.96. The molecule has 202 valence electrons. The van der Waals surface area contributed by atoms with Crippen LogP contribution in [-0.4, -0.2) is 63.0 Å². The molecule has 1 fully saturated rings. The molecule has 2 N–H and O–H groups in total. The number of aromatic amines is 1. The molecule has 4 heterocycles.